The highest BCUT2D eigenvalue weighted by Crippen LogP contribution is 2.33. The standard InChI is InChI=1S/C27H22Cl3N3O3/c1-3-36-24(34)14-17-4-11-21(12-5-17)31-27(35)25-16(2)26(18-6-8-19(28)9-7-18)33(32-25)23-13-10-20(29)15-22(23)30/h4-13,15H,3,14H2,1-2H3,(H,31,35). The predicted octanol–water partition coefficient (Wildman–Crippen LogP) is 7.17. The molecule has 0 aliphatic heterocycles. The van der Waals surface area contributed by atoms with Crippen LogP contribution in [0, 0.1) is 6.92 Å². The summed E-state index contributed by atoms with van der Waals surface area (Å²) in [4.78, 5) is 25.0. The molecular formula is C27H22Cl3N3O3. The number of ether oxygens (including phenoxy) is 1. The lowest BCUT2D eigenvalue weighted by Gasteiger charge is -2.11. The molecule has 1 aromatic heterocycles. The Bertz CT molecular complexity index is 1410. The summed E-state index contributed by atoms with van der Waals surface area (Å²) in [5.74, 6) is -0.685. The molecule has 184 valence electrons. The molecule has 3 aromatic carbocycles. The van der Waals surface area contributed by atoms with Crippen molar-refractivity contribution in [1.29, 1.82) is 0 Å². The second-order valence-electron chi connectivity index (χ2n) is 7.97. The van der Waals surface area contributed by atoms with Gasteiger partial charge in [0.05, 0.1) is 29.4 Å². The van der Waals surface area contributed by atoms with E-state index in [1.54, 1.807) is 66.2 Å². The molecule has 1 N–H and O–H groups in total. The minimum Gasteiger partial charge on any atom is -0.466 e. The van der Waals surface area contributed by atoms with Crippen molar-refractivity contribution < 1.29 is 14.3 Å². The second kappa shape index (κ2) is 11.2. The number of amides is 1. The van der Waals surface area contributed by atoms with Crippen molar-refractivity contribution in [1.82, 2.24) is 9.78 Å². The van der Waals surface area contributed by atoms with E-state index in [2.05, 4.69) is 10.4 Å². The Morgan fingerprint density at radius 2 is 1.61 bits per heavy atom. The van der Waals surface area contributed by atoms with E-state index in [4.69, 9.17) is 39.5 Å². The molecule has 4 aromatic rings. The minimum absolute atomic E-state index is 0.165. The maximum Gasteiger partial charge on any atom is 0.310 e. The molecule has 0 fully saturated rings. The van der Waals surface area contributed by atoms with Gasteiger partial charge in [0.1, 0.15) is 0 Å². The lowest BCUT2D eigenvalue weighted by molar-refractivity contribution is -0.142. The number of carbonyl (C=O) groups is 2. The molecule has 0 unspecified atom stereocenters. The fourth-order valence-electron chi connectivity index (χ4n) is 3.76. The quantitative estimate of drug-likeness (QED) is 0.251. The molecule has 0 radical (unpaired) electrons. The van der Waals surface area contributed by atoms with Gasteiger partial charge in [-0.25, -0.2) is 4.68 Å². The number of carbonyl (C=O) groups excluding carboxylic acids is 2. The predicted molar refractivity (Wildman–Crippen MR) is 143 cm³/mol. The third-order valence-corrected chi connectivity index (χ3v) is 6.25. The van der Waals surface area contributed by atoms with Gasteiger partial charge in [-0.15, -0.1) is 0 Å². The Morgan fingerprint density at radius 1 is 0.944 bits per heavy atom. The Balaban J connectivity index is 1.68. The zero-order chi connectivity index (χ0) is 25.8. The summed E-state index contributed by atoms with van der Waals surface area (Å²) in [7, 11) is 0. The molecule has 0 atom stereocenters. The second-order valence-corrected chi connectivity index (χ2v) is 9.25. The Kier molecular flexibility index (Phi) is 7.99. The Morgan fingerprint density at radius 3 is 2.25 bits per heavy atom. The SMILES string of the molecule is CCOC(=O)Cc1ccc(NC(=O)c2nn(-c3ccc(Cl)cc3Cl)c(-c3ccc(Cl)cc3)c2C)cc1. The van der Waals surface area contributed by atoms with Gasteiger partial charge in [0.2, 0.25) is 0 Å². The molecule has 0 aliphatic carbocycles. The summed E-state index contributed by atoms with van der Waals surface area (Å²) in [6, 6.07) is 19.3. The fraction of sp³-hybridized carbons (Fsp3) is 0.148. The average molecular weight is 543 g/mol. The first-order valence-electron chi connectivity index (χ1n) is 11.1. The number of halogens is 3. The molecule has 0 aliphatic rings. The maximum absolute atomic E-state index is 13.3. The lowest BCUT2D eigenvalue weighted by Crippen LogP contribution is -2.14. The van der Waals surface area contributed by atoms with Gasteiger partial charge in [0.25, 0.3) is 5.91 Å². The number of aromatic nitrogens is 2. The molecule has 9 heteroatoms. The highest BCUT2D eigenvalue weighted by atomic mass is 35.5. The van der Waals surface area contributed by atoms with Crippen LogP contribution in [0.1, 0.15) is 28.5 Å². The third-order valence-electron chi connectivity index (χ3n) is 5.46. The van der Waals surface area contributed by atoms with Crippen molar-refractivity contribution in [3.05, 3.63) is 98.6 Å². The van der Waals surface area contributed by atoms with Crippen molar-refractivity contribution >= 4 is 52.4 Å². The first kappa shape index (κ1) is 25.8. The van der Waals surface area contributed by atoms with Crippen molar-refractivity contribution in [2.24, 2.45) is 0 Å². The zero-order valence-electron chi connectivity index (χ0n) is 19.5. The van der Waals surface area contributed by atoms with E-state index in [1.807, 2.05) is 19.1 Å². The summed E-state index contributed by atoms with van der Waals surface area (Å²) < 4.78 is 6.61. The van der Waals surface area contributed by atoms with Gasteiger partial charge in [0, 0.05) is 26.9 Å². The molecule has 1 amide bonds. The number of hydrogen-bond acceptors (Lipinski definition) is 4. The monoisotopic (exact) mass is 541 g/mol. The molecule has 36 heavy (non-hydrogen) atoms. The van der Waals surface area contributed by atoms with Gasteiger partial charge in [-0.05, 0) is 61.9 Å². The smallest absolute Gasteiger partial charge is 0.310 e. The van der Waals surface area contributed by atoms with Crippen LogP contribution in [-0.4, -0.2) is 28.3 Å². The number of nitrogens with zero attached hydrogens (tertiary/aromatic N) is 2. The summed E-state index contributed by atoms with van der Waals surface area (Å²) in [5.41, 5.74) is 4.36. The minimum atomic E-state index is -0.385. The van der Waals surface area contributed by atoms with E-state index < -0.39 is 0 Å². The summed E-state index contributed by atoms with van der Waals surface area (Å²) >= 11 is 18.7. The van der Waals surface area contributed by atoms with E-state index in [-0.39, 0.29) is 24.0 Å². The van der Waals surface area contributed by atoms with Crippen LogP contribution in [0.2, 0.25) is 15.1 Å². The van der Waals surface area contributed by atoms with Crippen LogP contribution in [0.15, 0.2) is 66.7 Å². The van der Waals surface area contributed by atoms with Crippen molar-refractivity contribution in [3.63, 3.8) is 0 Å². The van der Waals surface area contributed by atoms with E-state index in [0.717, 1.165) is 11.1 Å². The third kappa shape index (κ3) is 5.73. The number of esters is 1. The molecule has 0 spiro atoms. The van der Waals surface area contributed by atoms with E-state index in [1.165, 1.54) is 0 Å². The van der Waals surface area contributed by atoms with Crippen molar-refractivity contribution in [2.45, 2.75) is 20.3 Å². The summed E-state index contributed by atoms with van der Waals surface area (Å²) in [6.45, 7) is 3.92. The van der Waals surface area contributed by atoms with Gasteiger partial charge >= 0.3 is 5.97 Å². The van der Waals surface area contributed by atoms with Crippen LogP contribution in [0.3, 0.4) is 0 Å². The molecule has 0 saturated heterocycles. The number of benzene rings is 3. The lowest BCUT2D eigenvalue weighted by atomic mass is 10.1. The van der Waals surface area contributed by atoms with Gasteiger partial charge in [0.15, 0.2) is 5.69 Å². The van der Waals surface area contributed by atoms with Crippen molar-refractivity contribution in [2.75, 3.05) is 11.9 Å². The van der Waals surface area contributed by atoms with Crippen molar-refractivity contribution in [3.8, 4) is 16.9 Å². The Hall–Kier alpha value is -3.32. The summed E-state index contributed by atoms with van der Waals surface area (Å²) in [6.07, 6.45) is 0.165. The first-order chi connectivity index (χ1) is 17.3. The van der Waals surface area contributed by atoms with Gasteiger partial charge < -0.3 is 10.1 Å². The maximum atomic E-state index is 13.3. The highest BCUT2D eigenvalue weighted by Gasteiger charge is 2.23. The van der Waals surface area contributed by atoms with Crippen LogP contribution >= 0.6 is 34.8 Å². The van der Waals surface area contributed by atoms with E-state index in [0.29, 0.717) is 44.3 Å². The van der Waals surface area contributed by atoms with E-state index in [9.17, 15) is 9.59 Å². The molecule has 1 heterocycles. The molecule has 0 saturated carbocycles. The largest absolute Gasteiger partial charge is 0.466 e. The molecule has 6 nitrogen and oxygen atoms in total. The average Bonchev–Trinajstić information content (AvgIpc) is 3.18. The normalized spacial score (nSPS) is 10.8. The van der Waals surface area contributed by atoms with Crippen LogP contribution < -0.4 is 5.32 Å². The number of rotatable bonds is 7. The highest BCUT2D eigenvalue weighted by molar-refractivity contribution is 6.35. The molecule has 4 rings (SSSR count). The first-order valence-corrected chi connectivity index (χ1v) is 12.3. The Labute approximate surface area is 223 Å². The zero-order valence-corrected chi connectivity index (χ0v) is 21.8. The summed E-state index contributed by atoms with van der Waals surface area (Å²) in [5, 5.41) is 8.98. The fourth-order valence-corrected chi connectivity index (χ4v) is 4.38. The number of anilines is 1. The van der Waals surface area contributed by atoms with Gasteiger partial charge in [-0.3, -0.25) is 9.59 Å². The topological polar surface area (TPSA) is 73.2 Å². The van der Waals surface area contributed by atoms with Crippen LogP contribution in [0.25, 0.3) is 16.9 Å². The number of hydrogen-bond donors (Lipinski definition) is 1. The van der Waals surface area contributed by atoms with Gasteiger partial charge in [-0.2, -0.15) is 5.10 Å². The molecular weight excluding hydrogens is 521 g/mol. The molecule has 0 bridgehead atoms. The van der Waals surface area contributed by atoms with Crippen LogP contribution in [-0.2, 0) is 16.0 Å². The number of nitrogens with one attached hydrogen (secondary N) is 1. The van der Waals surface area contributed by atoms with Crippen LogP contribution in [0.4, 0.5) is 5.69 Å². The van der Waals surface area contributed by atoms with Crippen LogP contribution in [0.5, 0.6) is 0 Å². The van der Waals surface area contributed by atoms with E-state index >= 15 is 0 Å². The van der Waals surface area contributed by atoms with Gasteiger partial charge in [-0.1, -0.05) is 59.1 Å².